The van der Waals surface area contributed by atoms with Gasteiger partial charge >= 0.3 is 6.03 Å². The summed E-state index contributed by atoms with van der Waals surface area (Å²) in [5.74, 6) is 0.823. The van der Waals surface area contributed by atoms with Crippen molar-refractivity contribution in [1.29, 1.82) is 0 Å². The van der Waals surface area contributed by atoms with Gasteiger partial charge in [0.2, 0.25) is 0 Å². The van der Waals surface area contributed by atoms with Crippen molar-refractivity contribution in [2.24, 2.45) is 0 Å². The van der Waals surface area contributed by atoms with E-state index in [0.29, 0.717) is 13.2 Å². The van der Waals surface area contributed by atoms with Gasteiger partial charge in [-0.05, 0) is 44.4 Å². The highest BCUT2D eigenvalue weighted by atomic mass is 16.5. The molecule has 1 rings (SSSR count). The fourth-order valence-electron chi connectivity index (χ4n) is 1.94. The SMILES string of the molecule is CCOc1cccc(C(C)NC(=O)NCCCCOC)c1. The molecule has 21 heavy (non-hydrogen) atoms. The van der Waals surface area contributed by atoms with Gasteiger partial charge in [0.1, 0.15) is 5.75 Å². The Morgan fingerprint density at radius 3 is 2.86 bits per heavy atom. The third-order valence-corrected chi connectivity index (χ3v) is 3.08. The lowest BCUT2D eigenvalue weighted by molar-refractivity contribution is 0.192. The van der Waals surface area contributed by atoms with Gasteiger partial charge in [-0.3, -0.25) is 0 Å². The van der Waals surface area contributed by atoms with Crippen LogP contribution in [0.25, 0.3) is 0 Å². The fourth-order valence-corrected chi connectivity index (χ4v) is 1.94. The number of nitrogens with one attached hydrogen (secondary N) is 2. The smallest absolute Gasteiger partial charge is 0.315 e. The molecule has 0 bridgehead atoms. The maximum atomic E-state index is 11.8. The van der Waals surface area contributed by atoms with Crippen LogP contribution in [0.4, 0.5) is 4.79 Å². The first-order valence-electron chi connectivity index (χ1n) is 7.43. The number of benzene rings is 1. The number of ether oxygens (including phenoxy) is 2. The summed E-state index contributed by atoms with van der Waals surface area (Å²) in [7, 11) is 1.68. The molecule has 0 aromatic heterocycles. The van der Waals surface area contributed by atoms with Crippen LogP contribution in [-0.4, -0.2) is 32.9 Å². The van der Waals surface area contributed by atoms with Crippen molar-refractivity contribution in [3.63, 3.8) is 0 Å². The van der Waals surface area contributed by atoms with Gasteiger partial charge < -0.3 is 20.1 Å². The normalized spacial score (nSPS) is 11.8. The quantitative estimate of drug-likeness (QED) is 0.688. The summed E-state index contributed by atoms with van der Waals surface area (Å²) < 4.78 is 10.4. The van der Waals surface area contributed by atoms with Gasteiger partial charge in [0.05, 0.1) is 12.6 Å². The van der Waals surface area contributed by atoms with Gasteiger partial charge in [-0.15, -0.1) is 0 Å². The topological polar surface area (TPSA) is 59.6 Å². The molecule has 0 fully saturated rings. The Balaban J connectivity index is 2.36. The molecule has 2 N–H and O–H groups in total. The van der Waals surface area contributed by atoms with Gasteiger partial charge in [0.25, 0.3) is 0 Å². The summed E-state index contributed by atoms with van der Waals surface area (Å²) in [5.41, 5.74) is 1.02. The number of methoxy groups -OCH3 is 1. The first-order chi connectivity index (χ1) is 10.2. The zero-order valence-electron chi connectivity index (χ0n) is 13.1. The van der Waals surface area contributed by atoms with E-state index in [4.69, 9.17) is 9.47 Å². The predicted molar refractivity (Wildman–Crippen MR) is 83.7 cm³/mol. The molecule has 5 heteroatoms. The number of carbonyl (C=O) groups is 1. The first kappa shape index (κ1) is 17.3. The molecule has 1 aromatic rings. The summed E-state index contributed by atoms with van der Waals surface area (Å²) in [6, 6.07) is 7.56. The van der Waals surface area contributed by atoms with Crippen molar-refractivity contribution >= 4 is 6.03 Å². The second-order valence-corrected chi connectivity index (χ2v) is 4.83. The van der Waals surface area contributed by atoms with E-state index < -0.39 is 0 Å². The van der Waals surface area contributed by atoms with Gasteiger partial charge in [-0.1, -0.05) is 12.1 Å². The van der Waals surface area contributed by atoms with Crippen molar-refractivity contribution in [2.45, 2.75) is 32.7 Å². The summed E-state index contributed by atoms with van der Waals surface area (Å²) in [6.45, 7) is 5.92. The number of rotatable bonds is 9. The molecule has 1 unspecified atom stereocenters. The highest BCUT2D eigenvalue weighted by Gasteiger charge is 2.09. The minimum absolute atomic E-state index is 0.0654. The summed E-state index contributed by atoms with van der Waals surface area (Å²) in [4.78, 5) is 11.8. The van der Waals surface area contributed by atoms with Crippen LogP contribution < -0.4 is 15.4 Å². The number of carbonyl (C=O) groups excluding carboxylic acids is 1. The number of hydrogen-bond acceptors (Lipinski definition) is 3. The van der Waals surface area contributed by atoms with Crippen LogP contribution in [0.3, 0.4) is 0 Å². The van der Waals surface area contributed by atoms with E-state index in [2.05, 4.69) is 10.6 Å². The summed E-state index contributed by atoms with van der Waals surface area (Å²) >= 11 is 0. The third-order valence-electron chi connectivity index (χ3n) is 3.08. The number of urea groups is 1. The average Bonchev–Trinajstić information content (AvgIpc) is 2.47. The van der Waals surface area contributed by atoms with E-state index in [-0.39, 0.29) is 12.1 Å². The molecule has 0 spiro atoms. The minimum Gasteiger partial charge on any atom is -0.494 e. The molecule has 1 aromatic carbocycles. The van der Waals surface area contributed by atoms with E-state index in [1.807, 2.05) is 38.1 Å². The highest BCUT2D eigenvalue weighted by Crippen LogP contribution is 2.18. The number of hydrogen-bond donors (Lipinski definition) is 2. The van der Waals surface area contributed by atoms with Crippen molar-refractivity contribution in [3.05, 3.63) is 29.8 Å². The molecule has 0 radical (unpaired) electrons. The van der Waals surface area contributed by atoms with Crippen molar-refractivity contribution < 1.29 is 14.3 Å². The van der Waals surface area contributed by atoms with Gasteiger partial charge in [0, 0.05) is 20.3 Å². The largest absolute Gasteiger partial charge is 0.494 e. The van der Waals surface area contributed by atoms with Crippen molar-refractivity contribution in [2.75, 3.05) is 26.9 Å². The van der Waals surface area contributed by atoms with E-state index in [1.54, 1.807) is 7.11 Å². The number of amides is 2. The molecule has 0 aliphatic rings. The van der Waals surface area contributed by atoms with E-state index >= 15 is 0 Å². The van der Waals surface area contributed by atoms with Crippen LogP contribution in [0.15, 0.2) is 24.3 Å². The van der Waals surface area contributed by atoms with E-state index in [1.165, 1.54) is 0 Å². The zero-order chi connectivity index (χ0) is 15.5. The molecule has 118 valence electrons. The standard InChI is InChI=1S/C16H26N2O3/c1-4-21-15-9-7-8-14(12-15)13(2)18-16(19)17-10-5-6-11-20-3/h7-9,12-13H,4-6,10-11H2,1-3H3,(H2,17,18,19). The molecule has 2 amide bonds. The third kappa shape index (κ3) is 6.99. The lowest BCUT2D eigenvalue weighted by atomic mass is 10.1. The summed E-state index contributed by atoms with van der Waals surface area (Å²) in [6.07, 6.45) is 1.86. The lowest BCUT2D eigenvalue weighted by Gasteiger charge is -2.16. The van der Waals surface area contributed by atoms with Crippen molar-refractivity contribution in [3.8, 4) is 5.75 Å². The first-order valence-corrected chi connectivity index (χ1v) is 7.43. The van der Waals surface area contributed by atoms with E-state index in [9.17, 15) is 4.79 Å². The Morgan fingerprint density at radius 1 is 1.33 bits per heavy atom. The van der Waals surface area contributed by atoms with Crippen LogP contribution in [0.2, 0.25) is 0 Å². The van der Waals surface area contributed by atoms with Crippen LogP contribution in [0, 0.1) is 0 Å². The molecule has 1 atom stereocenters. The van der Waals surface area contributed by atoms with Crippen LogP contribution in [-0.2, 0) is 4.74 Å². The van der Waals surface area contributed by atoms with Crippen LogP contribution >= 0.6 is 0 Å². The van der Waals surface area contributed by atoms with Gasteiger partial charge in [0.15, 0.2) is 0 Å². The Bertz CT molecular complexity index is 424. The molecule has 0 saturated carbocycles. The number of unbranched alkanes of at least 4 members (excludes halogenated alkanes) is 1. The lowest BCUT2D eigenvalue weighted by Crippen LogP contribution is -2.37. The maximum Gasteiger partial charge on any atom is 0.315 e. The van der Waals surface area contributed by atoms with Crippen molar-refractivity contribution in [1.82, 2.24) is 10.6 Å². The Hall–Kier alpha value is -1.75. The predicted octanol–water partition coefficient (Wildman–Crippen LogP) is 2.87. The fraction of sp³-hybridized carbons (Fsp3) is 0.562. The zero-order valence-corrected chi connectivity index (χ0v) is 13.1. The Labute approximate surface area is 127 Å². The molecule has 5 nitrogen and oxygen atoms in total. The Kier molecular flexibility index (Phi) is 8.28. The van der Waals surface area contributed by atoms with Gasteiger partial charge in [-0.2, -0.15) is 0 Å². The summed E-state index contributed by atoms with van der Waals surface area (Å²) in [5, 5.41) is 5.76. The second-order valence-electron chi connectivity index (χ2n) is 4.83. The minimum atomic E-state index is -0.151. The molecular formula is C16H26N2O3. The molecule has 0 saturated heterocycles. The van der Waals surface area contributed by atoms with Crippen LogP contribution in [0.5, 0.6) is 5.75 Å². The highest BCUT2D eigenvalue weighted by molar-refractivity contribution is 5.74. The average molecular weight is 294 g/mol. The van der Waals surface area contributed by atoms with E-state index in [0.717, 1.165) is 30.8 Å². The second kappa shape index (κ2) is 10.0. The Morgan fingerprint density at radius 2 is 2.14 bits per heavy atom. The molecule has 0 heterocycles. The van der Waals surface area contributed by atoms with Gasteiger partial charge in [-0.25, -0.2) is 4.79 Å². The molecule has 0 aliphatic carbocycles. The van der Waals surface area contributed by atoms with Crippen LogP contribution in [0.1, 0.15) is 38.3 Å². The maximum absolute atomic E-state index is 11.8. The monoisotopic (exact) mass is 294 g/mol. The molecular weight excluding hydrogens is 268 g/mol. The molecule has 0 aliphatic heterocycles.